The number of esters is 1. The van der Waals surface area contributed by atoms with Gasteiger partial charge in [-0.25, -0.2) is 0 Å². The van der Waals surface area contributed by atoms with Crippen molar-refractivity contribution >= 4 is 11.9 Å². The fraction of sp³-hybridized carbons (Fsp3) is 0.381. The van der Waals surface area contributed by atoms with Crippen LogP contribution in [0.2, 0.25) is 0 Å². The highest BCUT2D eigenvalue weighted by molar-refractivity contribution is 5.86. The van der Waals surface area contributed by atoms with Crippen LogP contribution in [0.15, 0.2) is 48.8 Å². The molecule has 1 aliphatic heterocycles. The average molecular weight is 368 g/mol. The normalized spacial score (nSPS) is 15.7. The molecule has 27 heavy (non-hydrogen) atoms. The van der Waals surface area contributed by atoms with E-state index in [4.69, 9.17) is 4.74 Å². The maximum absolute atomic E-state index is 12.9. The fourth-order valence-electron chi connectivity index (χ4n) is 3.40. The van der Waals surface area contributed by atoms with E-state index in [1.165, 1.54) is 7.11 Å². The molecule has 3 rings (SSSR count). The maximum atomic E-state index is 12.9. The Kier molecular flexibility index (Phi) is 6.19. The fourth-order valence-corrected chi connectivity index (χ4v) is 3.40. The number of aromatic nitrogens is 1. The van der Waals surface area contributed by atoms with Crippen LogP contribution in [0.5, 0.6) is 0 Å². The molecule has 0 unspecified atom stereocenters. The Morgan fingerprint density at radius 3 is 2.52 bits per heavy atom. The molecule has 1 aromatic carbocycles. The van der Waals surface area contributed by atoms with Gasteiger partial charge in [-0.05, 0) is 42.0 Å². The number of amides is 1. The number of benzene rings is 1. The first-order chi connectivity index (χ1) is 13.1. The molecule has 142 valence electrons. The topological polar surface area (TPSA) is 77.5 Å². The van der Waals surface area contributed by atoms with Crippen LogP contribution >= 0.6 is 0 Å². The Morgan fingerprint density at radius 1 is 1.15 bits per heavy atom. The van der Waals surface area contributed by atoms with Gasteiger partial charge in [0.1, 0.15) is 6.54 Å². The van der Waals surface area contributed by atoms with Gasteiger partial charge in [0.05, 0.1) is 12.5 Å². The number of methoxy groups -OCH3 is 1. The average Bonchev–Trinajstić information content (AvgIpc) is 2.73. The molecule has 0 spiro atoms. The lowest BCUT2D eigenvalue weighted by atomic mass is 9.74. The van der Waals surface area contributed by atoms with Gasteiger partial charge in [0.2, 0.25) is 5.91 Å². The molecule has 1 aromatic heterocycles. The van der Waals surface area contributed by atoms with E-state index < -0.39 is 11.4 Å². The third-order valence-electron chi connectivity index (χ3n) is 5.04. The molecule has 6 heteroatoms. The van der Waals surface area contributed by atoms with Crippen molar-refractivity contribution in [1.82, 2.24) is 10.3 Å². The molecule has 1 aliphatic rings. The Morgan fingerprint density at radius 2 is 1.89 bits per heavy atom. The Balaban J connectivity index is 1.74. The minimum absolute atomic E-state index is 0.113. The summed E-state index contributed by atoms with van der Waals surface area (Å²) in [5, 5.41) is 2.72. The number of carbonyl (C=O) groups excluding carboxylic acids is 2. The van der Waals surface area contributed by atoms with Gasteiger partial charge < -0.3 is 14.8 Å². The second-order valence-corrected chi connectivity index (χ2v) is 6.77. The van der Waals surface area contributed by atoms with Gasteiger partial charge in [0, 0.05) is 25.6 Å². The SMILES string of the molecule is COC(=O)CNC(=O)C1(Cc2ccc(-c3cccnc3)cc2)CCOCC1. The van der Waals surface area contributed by atoms with E-state index in [0.717, 1.165) is 16.7 Å². The number of rotatable bonds is 6. The molecular weight excluding hydrogens is 344 g/mol. The summed E-state index contributed by atoms with van der Waals surface area (Å²) in [7, 11) is 1.31. The third kappa shape index (κ3) is 4.71. The zero-order chi connectivity index (χ0) is 19.1. The number of nitrogens with one attached hydrogen (secondary N) is 1. The van der Waals surface area contributed by atoms with E-state index in [9.17, 15) is 9.59 Å². The first kappa shape index (κ1) is 19.0. The van der Waals surface area contributed by atoms with Crippen molar-refractivity contribution < 1.29 is 19.1 Å². The molecule has 0 saturated carbocycles. The van der Waals surface area contributed by atoms with E-state index >= 15 is 0 Å². The summed E-state index contributed by atoms with van der Waals surface area (Å²) >= 11 is 0. The van der Waals surface area contributed by atoms with Gasteiger partial charge >= 0.3 is 5.97 Å². The number of carbonyl (C=O) groups is 2. The smallest absolute Gasteiger partial charge is 0.325 e. The quantitative estimate of drug-likeness (QED) is 0.792. The molecule has 0 bridgehead atoms. The van der Waals surface area contributed by atoms with E-state index in [1.807, 2.05) is 42.6 Å². The summed E-state index contributed by atoms with van der Waals surface area (Å²) in [4.78, 5) is 28.4. The van der Waals surface area contributed by atoms with Crippen LogP contribution < -0.4 is 5.32 Å². The summed E-state index contributed by atoms with van der Waals surface area (Å²) in [5.74, 6) is -0.570. The van der Waals surface area contributed by atoms with Crippen molar-refractivity contribution in [2.24, 2.45) is 5.41 Å². The van der Waals surface area contributed by atoms with Crippen LogP contribution in [-0.4, -0.2) is 43.7 Å². The predicted octanol–water partition coefficient (Wildman–Crippen LogP) is 2.38. The van der Waals surface area contributed by atoms with Crippen LogP contribution in [0.4, 0.5) is 0 Å². The molecule has 0 aliphatic carbocycles. The van der Waals surface area contributed by atoms with Crippen LogP contribution in [-0.2, 0) is 25.5 Å². The standard InChI is InChI=1S/C21H24N2O4/c1-26-19(24)15-23-20(25)21(8-11-27-12-9-21)13-16-4-6-17(7-5-16)18-3-2-10-22-14-18/h2-7,10,14H,8-9,11-13,15H2,1H3,(H,23,25). The van der Waals surface area contributed by atoms with Gasteiger partial charge in [-0.15, -0.1) is 0 Å². The predicted molar refractivity (Wildman–Crippen MR) is 101 cm³/mol. The van der Waals surface area contributed by atoms with Gasteiger partial charge in [-0.2, -0.15) is 0 Å². The van der Waals surface area contributed by atoms with Crippen molar-refractivity contribution in [3.05, 3.63) is 54.4 Å². The summed E-state index contributed by atoms with van der Waals surface area (Å²) < 4.78 is 10.1. The Bertz CT molecular complexity index is 769. The Hall–Kier alpha value is -2.73. The first-order valence-corrected chi connectivity index (χ1v) is 9.05. The van der Waals surface area contributed by atoms with Crippen molar-refractivity contribution in [2.75, 3.05) is 26.9 Å². The van der Waals surface area contributed by atoms with Gasteiger partial charge in [-0.3, -0.25) is 14.6 Å². The van der Waals surface area contributed by atoms with Crippen molar-refractivity contribution in [3.8, 4) is 11.1 Å². The van der Waals surface area contributed by atoms with Crippen LogP contribution in [0.3, 0.4) is 0 Å². The van der Waals surface area contributed by atoms with Crippen molar-refractivity contribution in [2.45, 2.75) is 19.3 Å². The number of ether oxygens (including phenoxy) is 2. The molecule has 1 saturated heterocycles. The van der Waals surface area contributed by atoms with Crippen LogP contribution in [0.25, 0.3) is 11.1 Å². The van der Waals surface area contributed by atoms with E-state index in [2.05, 4.69) is 15.0 Å². The summed E-state index contributed by atoms with van der Waals surface area (Å²) in [6, 6.07) is 12.1. The highest BCUT2D eigenvalue weighted by atomic mass is 16.5. The van der Waals surface area contributed by atoms with E-state index in [0.29, 0.717) is 32.5 Å². The summed E-state index contributed by atoms with van der Waals surface area (Å²) in [5.41, 5.74) is 2.66. The zero-order valence-electron chi connectivity index (χ0n) is 15.4. The lowest BCUT2D eigenvalue weighted by molar-refractivity contribution is -0.144. The molecule has 6 nitrogen and oxygen atoms in total. The molecule has 0 atom stereocenters. The molecule has 1 amide bonds. The minimum atomic E-state index is -0.567. The molecular formula is C21H24N2O4. The first-order valence-electron chi connectivity index (χ1n) is 9.05. The Labute approximate surface area is 158 Å². The summed E-state index contributed by atoms with van der Waals surface area (Å²) in [6.07, 6.45) is 5.44. The van der Waals surface area contributed by atoms with E-state index in [1.54, 1.807) is 6.20 Å². The number of nitrogens with zero attached hydrogens (tertiary/aromatic N) is 1. The molecule has 2 heterocycles. The van der Waals surface area contributed by atoms with Crippen LogP contribution in [0.1, 0.15) is 18.4 Å². The molecule has 1 N–H and O–H groups in total. The second kappa shape index (κ2) is 8.77. The van der Waals surface area contributed by atoms with Crippen LogP contribution in [0, 0.1) is 5.41 Å². The molecule has 1 fully saturated rings. The van der Waals surface area contributed by atoms with Gasteiger partial charge in [0.15, 0.2) is 0 Å². The molecule has 2 aromatic rings. The number of pyridine rings is 1. The minimum Gasteiger partial charge on any atom is -0.468 e. The second-order valence-electron chi connectivity index (χ2n) is 6.77. The summed E-state index contributed by atoms with van der Waals surface area (Å²) in [6.45, 7) is 0.969. The van der Waals surface area contributed by atoms with Gasteiger partial charge in [0.25, 0.3) is 0 Å². The van der Waals surface area contributed by atoms with Gasteiger partial charge in [-0.1, -0.05) is 30.3 Å². The van der Waals surface area contributed by atoms with E-state index in [-0.39, 0.29) is 12.5 Å². The number of hydrogen-bond donors (Lipinski definition) is 1. The molecule has 0 radical (unpaired) electrons. The van der Waals surface area contributed by atoms with Crippen molar-refractivity contribution in [3.63, 3.8) is 0 Å². The zero-order valence-corrected chi connectivity index (χ0v) is 15.4. The maximum Gasteiger partial charge on any atom is 0.325 e. The number of hydrogen-bond acceptors (Lipinski definition) is 5. The lowest BCUT2D eigenvalue weighted by Crippen LogP contribution is -2.47. The highest BCUT2D eigenvalue weighted by Crippen LogP contribution is 2.35. The lowest BCUT2D eigenvalue weighted by Gasteiger charge is -2.35. The highest BCUT2D eigenvalue weighted by Gasteiger charge is 2.40. The monoisotopic (exact) mass is 368 g/mol. The van der Waals surface area contributed by atoms with Crippen molar-refractivity contribution in [1.29, 1.82) is 0 Å². The third-order valence-corrected chi connectivity index (χ3v) is 5.04. The largest absolute Gasteiger partial charge is 0.468 e.